The van der Waals surface area contributed by atoms with Crippen molar-refractivity contribution in [2.24, 2.45) is 5.92 Å². The Kier molecular flexibility index (Phi) is 1.24. The minimum Gasteiger partial charge on any atom is -0.462 e. The number of cyclic esters (lactones) is 1. The molecule has 0 aromatic carbocycles. The number of carbonyl (C=O) groups is 1. The first kappa shape index (κ1) is 5.60. The average Bonchev–Trinajstić information content (AvgIpc) is 1.85. The summed E-state index contributed by atoms with van der Waals surface area (Å²) >= 11 is 0. The molecule has 0 spiro atoms. The summed E-state index contributed by atoms with van der Waals surface area (Å²) in [6, 6.07) is 0. The van der Waals surface area contributed by atoms with Crippen LogP contribution in [0.5, 0.6) is 0 Å². The molecule has 1 rings (SSSR count). The van der Waals surface area contributed by atoms with E-state index in [2.05, 4.69) is 0 Å². The van der Waals surface area contributed by atoms with Gasteiger partial charge >= 0.3 is 5.97 Å². The summed E-state index contributed by atoms with van der Waals surface area (Å²) in [6.45, 7) is 3.81. The van der Waals surface area contributed by atoms with Gasteiger partial charge in [0.2, 0.25) is 0 Å². The lowest BCUT2D eigenvalue weighted by molar-refractivity contribution is -0.143. The number of rotatable bonds is 0. The van der Waals surface area contributed by atoms with Gasteiger partial charge in [0.05, 0.1) is 12.0 Å². The summed E-state index contributed by atoms with van der Waals surface area (Å²) in [7, 11) is 0. The van der Waals surface area contributed by atoms with Crippen LogP contribution in [0.4, 0.5) is 0 Å². The Hall–Kier alpha value is -0.530. The zero-order valence-corrected chi connectivity index (χ0v) is 5.18. The van der Waals surface area contributed by atoms with Crippen LogP contribution < -0.4 is 0 Å². The Morgan fingerprint density at radius 1 is 1.62 bits per heavy atom. The molecule has 2 heteroatoms. The summed E-state index contributed by atoms with van der Waals surface area (Å²) < 4.78 is 4.83. The molecule has 1 saturated heterocycles. The second-order valence-electron chi connectivity index (χ2n) is 2.38. The first-order valence-corrected chi connectivity index (χ1v) is 2.90. The predicted molar refractivity (Wildman–Crippen MR) is 29.3 cm³/mol. The topological polar surface area (TPSA) is 26.3 Å². The van der Waals surface area contributed by atoms with Crippen LogP contribution in [0.2, 0.25) is 0 Å². The van der Waals surface area contributed by atoms with Crippen LogP contribution in [0.15, 0.2) is 0 Å². The molecule has 8 heavy (non-hydrogen) atoms. The zero-order valence-electron chi connectivity index (χ0n) is 5.18. The smallest absolute Gasteiger partial charge is 0.309 e. The van der Waals surface area contributed by atoms with Gasteiger partial charge in [-0.3, -0.25) is 4.79 Å². The van der Waals surface area contributed by atoms with Gasteiger partial charge in [-0.2, -0.15) is 0 Å². The molecular formula is C6H10O2. The van der Waals surface area contributed by atoms with Crippen molar-refractivity contribution in [2.45, 2.75) is 26.4 Å². The number of hydrogen-bond donors (Lipinski definition) is 0. The highest BCUT2D eigenvalue weighted by Crippen LogP contribution is 2.18. The molecule has 1 aliphatic heterocycles. The van der Waals surface area contributed by atoms with Gasteiger partial charge < -0.3 is 4.74 Å². The van der Waals surface area contributed by atoms with E-state index in [1.165, 1.54) is 0 Å². The van der Waals surface area contributed by atoms with Gasteiger partial charge in [0.1, 0.15) is 0 Å². The van der Waals surface area contributed by atoms with E-state index >= 15 is 0 Å². The molecule has 0 aliphatic carbocycles. The molecule has 1 fully saturated rings. The summed E-state index contributed by atoms with van der Waals surface area (Å²) in [5, 5.41) is 0. The van der Waals surface area contributed by atoms with Crippen molar-refractivity contribution in [2.75, 3.05) is 0 Å². The molecule has 1 aliphatic rings. The normalized spacial score (nSPS) is 37.5. The van der Waals surface area contributed by atoms with E-state index in [4.69, 9.17) is 4.74 Å². The van der Waals surface area contributed by atoms with Crippen LogP contribution >= 0.6 is 0 Å². The van der Waals surface area contributed by atoms with Gasteiger partial charge in [-0.1, -0.05) is 6.92 Å². The van der Waals surface area contributed by atoms with Crippen LogP contribution in [0, 0.1) is 5.92 Å². The van der Waals surface area contributed by atoms with Crippen LogP contribution in [0.25, 0.3) is 0 Å². The lowest BCUT2D eigenvalue weighted by atomic mass is 10.1. The maximum Gasteiger partial charge on any atom is 0.309 e. The van der Waals surface area contributed by atoms with Crippen molar-refractivity contribution in [3.63, 3.8) is 0 Å². The third-order valence-corrected chi connectivity index (χ3v) is 1.41. The molecule has 0 saturated carbocycles. The maximum absolute atomic E-state index is 10.6. The first-order chi connectivity index (χ1) is 3.70. The number of ether oxygens (including phenoxy) is 1. The Balaban J connectivity index is 2.51. The monoisotopic (exact) mass is 114 g/mol. The molecule has 0 N–H and O–H groups in total. The van der Waals surface area contributed by atoms with Crippen LogP contribution in [0.1, 0.15) is 20.3 Å². The van der Waals surface area contributed by atoms with Crippen molar-refractivity contribution < 1.29 is 9.53 Å². The zero-order chi connectivity index (χ0) is 6.15. The summed E-state index contributed by atoms with van der Waals surface area (Å²) in [4.78, 5) is 10.6. The standard InChI is InChI=1S/C6H10O2/c1-4-3-5(2)8-6(4)7/h4-5H,3H2,1-2H3/t4?,5-/m0/s1. The van der Waals surface area contributed by atoms with E-state index in [1.807, 2.05) is 13.8 Å². The Labute approximate surface area is 48.8 Å². The molecule has 2 atom stereocenters. The largest absolute Gasteiger partial charge is 0.462 e. The molecule has 0 aromatic heterocycles. The first-order valence-electron chi connectivity index (χ1n) is 2.90. The molecule has 0 aromatic rings. The van der Waals surface area contributed by atoms with Crippen molar-refractivity contribution >= 4 is 5.97 Å². The van der Waals surface area contributed by atoms with E-state index in [9.17, 15) is 4.79 Å². The lowest BCUT2D eigenvalue weighted by Gasteiger charge is -1.95. The van der Waals surface area contributed by atoms with Crippen molar-refractivity contribution in [3.8, 4) is 0 Å². The lowest BCUT2D eigenvalue weighted by Crippen LogP contribution is -2.02. The van der Waals surface area contributed by atoms with Gasteiger partial charge in [0, 0.05) is 0 Å². The van der Waals surface area contributed by atoms with Gasteiger partial charge in [0.25, 0.3) is 0 Å². The number of carbonyl (C=O) groups excluding carboxylic acids is 1. The molecule has 1 heterocycles. The van der Waals surface area contributed by atoms with E-state index in [-0.39, 0.29) is 18.0 Å². The Morgan fingerprint density at radius 2 is 2.25 bits per heavy atom. The minimum atomic E-state index is -0.0440. The molecule has 1 unspecified atom stereocenters. The predicted octanol–water partition coefficient (Wildman–Crippen LogP) is 0.958. The van der Waals surface area contributed by atoms with Crippen LogP contribution in [-0.4, -0.2) is 12.1 Å². The van der Waals surface area contributed by atoms with Crippen molar-refractivity contribution in [3.05, 3.63) is 0 Å². The summed E-state index contributed by atoms with van der Waals surface area (Å²) in [5.74, 6) is 0.0856. The van der Waals surface area contributed by atoms with Crippen molar-refractivity contribution in [1.82, 2.24) is 0 Å². The average molecular weight is 114 g/mol. The van der Waals surface area contributed by atoms with Crippen molar-refractivity contribution in [1.29, 1.82) is 0 Å². The fourth-order valence-electron chi connectivity index (χ4n) is 0.957. The van der Waals surface area contributed by atoms with E-state index in [0.717, 1.165) is 6.42 Å². The molecule has 0 bridgehead atoms. The van der Waals surface area contributed by atoms with E-state index in [0.29, 0.717) is 0 Å². The quantitative estimate of drug-likeness (QED) is 0.438. The summed E-state index contributed by atoms with van der Waals surface area (Å²) in [5.41, 5.74) is 0. The fourth-order valence-corrected chi connectivity index (χ4v) is 0.957. The van der Waals surface area contributed by atoms with Gasteiger partial charge in [-0.05, 0) is 13.3 Å². The highest BCUT2D eigenvalue weighted by molar-refractivity contribution is 5.73. The molecule has 0 amide bonds. The maximum atomic E-state index is 10.6. The van der Waals surface area contributed by atoms with Crippen LogP contribution in [-0.2, 0) is 9.53 Å². The van der Waals surface area contributed by atoms with Crippen LogP contribution in [0.3, 0.4) is 0 Å². The second kappa shape index (κ2) is 1.77. The molecular weight excluding hydrogens is 104 g/mol. The highest BCUT2D eigenvalue weighted by Gasteiger charge is 2.27. The second-order valence-corrected chi connectivity index (χ2v) is 2.38. The number of hydrogen-bond acceptors (Lipinski definition) is 2. The van der Waals surface area contributed by atoms with Gasteiger partial charge in [0.15, 0.2) is 0 Å². The van der Waals surface area contributed by atoms with Gasteiger partial charge in [-0.25, -0.2) is 0 Å². The molecule has 0 radical (unpaired) electrons. The SMILES string of the molecule is CC1C[C@H](C)OC1=O. The summed E-state index contributed by atoms with van der Waals surface area (Å²) in [6.07, 6.45) is 1.04. The fraction of sp³-hybridized carbons (Fsp3) is 0.833. The highest BCUT2D eigenvalue weighted by atomic mass is 16.5. The Morgan fingerprint density at radius 3 is 2.38 bits per heavy atom. The van der Waals surface area contributed by atoms with E-state index < -0.39 is 0 Å². The number of esters is 1. The van der Waals surface area contributed by atoms with Gasteiger partial charge in [-0.15, -0.1) is 0 Å². The van der Waals surface area contributed by atoms with E-state index in [1.54, 1.807) is 0 Å². The Bertz CT molecular complexity index is 109. The molecule has 46 valence electrons. The third-order valence-electron chi connectivity index (χ3n) is 1.41. The third kappa shape index (κ3) is 0.831. The molecule has 2 nitrogen and oxygen atoms in total. The minimum absolute atomic E-state index is 0.0440.